The molecule has 1 N–H and O–H groups in total. The highest BCUT2D eigenvalue weighted by Crippen LogP contribution is 2.14. The van der Waals surface area contributed by atoms with E-state index in [0.29, 0.717) is 19.5 Å². The van der Waals surface area contributed by atoms with Crippen molar-refractivity contribution < 1.29 is 19.2 Å². The van der Waals surface area contributed by atoms with Crippen LogP contribution in [0.5, 0.6) is 0 Å². The number of rotatable bonds is 6. The first kappa shape index (κ1) is 16.1. The standard InChI is InChI=1S/C13H21N3O4/c1-4-9-11(18)14-13(20)16(12(9)19)8-7-10(17)15(5-2)6-3/h9H,4-8H2,1-3H3,(H,14,18,20). The Labute approximate surface area is 118 Å². The predicted octanol–water partition coefficient (Wildman–Crippen LogP) is 0.349. The number of amides is 5. The zero-order chi connectivity index (χ0) is 15.3. The fourth-order valence-corrected chi connectivity index (χ4v) is 2.17. The van der Waals surface area contributed by atoms with Gasteiger partial charge >= 0.3 is 6.03 Å². The van der Waals surface area contributed by atoms with E-state index in [-0.39, 0.29) is 18.9 Å². The maximum absolute atomic E-state index is 12.0. The number of hydrogen-bond donors (Lipinski definition) is 1. The third-order valence-electron chi connectivity index (χ3n) is 3.43. The normalized spacial score (nSPS) is 19.1. The SMILES string of the molecule is CCC1C(=O)NC(=O)N(CCC(=O)N(CC)CC)C1=O. The van der Waals surface area contributed by atoms with Crippen molar-refractivity contribution in [1.29, 1.82) is 0 Å². The fourth-order valence-electron chi connectivity index (χ4n) is 2.17. The Morgan fingerprint density at radius 1 is 1.20 bits per heavy atom. The van der Waals surface area contributed by atoms with Gasteiger partial charge in [0, 0.05) is 26.1 Å². The number of urea groups is 1. The van der Waals surface area contributed by atoms with Crippen molar-refractivity contribution in [2.24, 2.45) is 5.92 Å². The molecule has 0 radical (unpaired) electrons. The molecule has 1 unspecified atom stereocenters. The maximum atomic E-state index is 12.0. The Hall–Kier alpha value is -1.92. The topological polar surface area (TPSA) is 86.8 Å². The average Bonchev–Trinajstić information content (AvgIpc) is 2.39. The summed E-state index contributed by atoms with van der Waals surface area (Å²) in [5.74, 6) is -2.03. The number of nitrogens with zero attached hydrogens (tertiary/aromatic N) is 2. The van der Waals surface area contributed by atoms with Gasteiger partial charge in [0.05, 0.1) is 0 Å². The largest absolute Gasteiger partial charge is 0.343 e. The van der Waals surface area contributed by atoms with Crippen LogP contribution < -0.4 is 5.32 Å². The lowest BCUT2D eigenvalue weighted by Crippen LogP contribution is -2.58. The lowest BCUT2D eigenvalue weighted by Gasteiger charge is -2.30. The predicted molar refractivity (Wildman–Crippen MR) is 71.6 cm³/mol. The summed E-state index contributed by atoms with van der Waals surface area (Å²) in [4.78, 5) is 49.6. The highest BCUT2D eigenvalue weighted by Gasteiger charge is 2.39. The molecule has 112 valence electrons. The second-order valence-corrected chi connectivity index (χ2v) is 4.56. The Bertz CT molecular complexity index is 418. The molecule has 1 aliphatic heterocycles. The van der Waals surface area contributed by atoms with Gasteiger partial charge in [0.2, 0.25) is 17.7 Å². The van der Waals surface area contributed by atoms with Crippen LogP contribution >= 0.6 is 0 Å². The number of carbonyl (C=O) groups excluding carboxylic acids is 4. The number of imide groups is 2. The Morgan fingerprint density at radius 2 is 1.80 bits per heavy atom. The van der Waals surface area contributed by atoms with Gasteiger partial charge in [-0.2, -0.15) is 0 Å². The summed E-state index contributed by atoms with van der Waals surface area (Å²) in [6, 6.07) is -0.739. The highest BCUT2D eigenvalue weighted by atomic mass is 16.2. The van der Waals surface area contributed by atoms with E-state index in [4.69, 9.17) is 0 Å². The molecule has 1 heterocycles. The summed E-state index contributed by atoms with van der Waals surface area (Å²) in [5, 5.41) is 2.14. The first-order chi connectivity index (χ1) is 9.46. The van der Waals surface area contributed by atoms with E-state index in [1.54, 1.807) is 11.8 Å². The van der Waals surface area contributed by atoms with Crippen LogP contribution in [-0.2, 0) is 14.4 Å². The minimum atomic E-state index is -0.837. The van der Waals surface area contributed by atoms with Crippen molar-refractivity contribution in [3.63, 3.8) is 0 Å². The molecule has 0 aromatic rings. The van der Waals surface area contributed by atoms with Gasteiger partial charge in [-0.15, -0.1) is 0 Å². The van der Waals surface area contributed by atoms with Crippen LogP contribution in [0, 0.1) is 5.92 Å². The van der Waals surface area contributed by atoms with E-state index in [1.165, 1.54) is 0 Å². The minimum Gasteiger partial charge on any atom is -0.343 e. The van der Waals surface area contributed by atoms with Crippen LogP contribution in [0.15, 0.2) is 0 Å². The van der Waals surface area contributed by atoms with Gasteiger partial charge < -0.3 is 4.90 Å². The lowest BCUT2D eigenvalue weighted by molar-refractivity contribution is -0.142. The van der Waals surface area contributed by atoms with E-state index in [1.807, 2.05) is 13.8 Å². The highest BCUT2D eigenvalue weighted by molar-refractivity contribution is 6.16. The molecule has 0 spiro atoms. The minimum absolute atomic E-state index is 0.00375. The molecular weight excluding hydrogens is 262 g/mol. The molecule has 1 aliphatic rings. The van der Waals surface area contributed by atoms with Crippen molar-refractivity contribution in [2.75, 3.05) is 19.6 Å². The zero-order valence-electron chi connectivity index (χ0n) is 12.1. The van der Waals surface area contributed by atoms with Crippen molar-refractivity contribution in [2.45, 2.75) is 33.6 Å². The quantitative estimate of drug-likeness (QED) is 0.713. The molecular formula is C13H21N3O4. The molecule has 20 heavy (non-hydrogen) atoms. The van der Waals surface area contributed by atoms with Crippen LogP contribution in [0.25, 0.3) is 0 Å². The van der Waals surface area contributed by atoms with Crippen molar-refractivity contribution in [3.8, 4) is 0 Å². The van der Waals surface area contributed by atoms with E-state index in [0.717, 1.165) is 4.90 Å². The van der Waals surface area contributed by atoms with Gasteiger partial charge in [-0.25, -0.2) is 4.79 Å². The Morgan fingerprint density at radius 3 is 2.30 bits per heavy atom. The third kappa shape index (κ3) is 3.34. The molecule has 1 fully saturated rings. The average molecular weight is 283 g/mol. The van der Waals surface area contributed by atoms with Gasteiger partial charge in [-0.05, 0) is 20.3 Å². The third-order valence-corrected chi connectivity index (χ3v) is 3.43. The van der Waals surface area contributed by atoms with Crippen LogP contribution in [0.4, 0.5) is 4.79 Å². The molecule has 7 nitrogen and oxygen atoms in total. The van der Waals surface area contributed by atoms with Crippen molar-refractivity contribution in [1.82, 2.24) is 15.1 Å². The number of barbiturate groups is 1. The molecule has 1 atom stereocenters. The second-order valence-electron chi connectivity index (χ2n) is 4.56. The van der Waals surface area contributed by atoms with Crippen LogP contribution in [0.2, 0.25) is 0 Å². The molecule has 1 rings (SSSR count). The van der Waals surface area contributed by atoms with Gasteiger partial charge in [0.1, 0.15) is 5.92 Å². The monoisotopic (exact) mass is 283 g/mol. The maximum Gasteiger partial charge on any atom is 0.330 e. The first-order valence-corrected chi connectivity index (χ1v) is 6.90. The molecule has 5 amide bonds. The number of nitrogens with one attached hydrogen (secondary N) is 1. The number of carbonyl (C=O) groups is 4. The summed E-state index contributed by atoms with van der Waals surface area (Å²) < 4.78 is 0. The van der Waals surface area contributed by atoms with Crippen LogP contribution in [-0.4, -0.2) is 53.2 Å². The zero-order valence-corrected chi connectivity index (χ0v) is 12.1. The Kier molecular flexibility index (Phi) is 5.66. The van der Waals surface area contributed by atoms with E-state index < -0.39 is 23.8 Å². The summed E-state index contributed by atoms with van der Waals surface area (Å²) in [6.45, 7) is 6.62. The summed E-state index contributed by atoms with van der Waals surface area (Å²) in [6.07, 6.45) is 0.407. The van der Waals surface area contributed by atoms with E-state index >= 15 is 0 Å². The fraction of sp³-hybridized carbons (Fsp3) is 0.692. The molecule has 0 saturated carbocycles. The lowest BCUT2D eigenvalue weighted by atomic mass is 10.0. The van der Waals surface area contributed by atoms with Gasteiger partial charge in [0.15, 0.2) is 0 Å². The molecule has 0 aromatic carbocycles. The van der Waals surface area contributed by atoms with E-state index in [2.05, 4.69) is 5.32 Å². The van der Waals surface area contributed by atoms with Gasteiger partial charge in [0.25, 0.3) is 0 Å². The molecule has 0 aliphatic carbocycles. The van der Waals surface area contributed by atoms with Crippen molar-refractivity contribution >= 4 is 23.8 Å². The molecule has 1 saturated heterocycles. The molecule has 7 heteroatoms. The molecule has 0 aromatic heterocycles. The molecule has 0 bridgehead atoms. The van der Waals surface area contributed by atoms with Crippen LogP contribution in [0.3, 0.4) is 0 Å². The second kappa shape index (κ2) is 7.02. The van der Waals surface area contributed by atoms with Crippen LogP contribution in [0.1, 0.15) is 33.6 Å². The summed E-state index contributed by atoms with van der Waals surface area (Å²) in [7, 11) is 0. The van der Waals surface area contributed by atoms with Gasteiger partial charge in [-0.1, -0.05) is 6.92 Å². The first-order valence-electron chi connectivity index (χ1n) is 6.90. The van der Waals surface area contributed by atoms with Gasteiger partial charge in [-0.3, -0.25) is 24.6 Å². The Balaban J connectivity index is 2.66. The summed E-state index contributed by atoms with van der Waals surface area (Å²) >= 11 is 0. The van der Waals surface area contributed by atoms with Crippen molar-refractivity contribution in [3.05, 3.63) is 0 Å². The van der Waals surface area contributed by atoms with E-state index in [9.17, 15) is 19.2 Å². The summed E-state index contributed by atoms with van der Waals surface area (Å²) in [5.41, 5.74) is 0. The smallest absolute Gasteiger partial charge is 0.330 e. The number of hydrogen-bond acceptors (Lipinski definition) is 4.